The van der Waals surface area contributed by atoms with Crippen LogP contribution in [0.2, 0.25) is 0 Å². The summed E-state index contributed by atoms with van der Waals surface area (Å²) in [6.45, 7) is 6.06. The molecule has 1 rings (SSSR count). The Morgan fingerprint density at radius 1 is 1.25 bits per heavy atom. The van der Waals surface area contributed by atoms with E-state index in [2.05, 4.69) is 12.2 Å². The molecule has 2 amide bonds. The fourth-order valence-corrected chi connectivity index (χ4v) is 1.85. The number of aryl methyl sites for hydroxylation is 1. The summed E-state index contributed by atoms with van der Waals surface area (Å²) in [5.41, 5.74) is 1.86. The van der Waals surface area contributed by atoms with Crippen LogP contribution < -0.4 is 5.32 Å². The second-order valence-electron chi connectivity index (χ2n) is 5.15. The van der Waals surface area contributed by atoms with Crippen LogP contribution in [0.25, 0.3) is 0 Å². The number of benzene rings is 1. The first kappa shape index (κ1) is 16.0. The van der Waals surface area contributed by atoms with Gasteiger partial charge in [0.1, 0.15) is 6.54 Å². The molecule has 20 heavy (non-hydrogen) atoms. The van der Waals surface area contributed by atoms with Crippen LogP contribution in [0.3, 0.4) is 0 Å². The predicted octanol–water partition coefficient (Wildman–Crippen LogP) is 2.82. The minimum atomic E-state index is -1.01. The van der Waals surface area contributed by atoms with Gasteiger partial charge in [-0.15, -0.1) is 0 Å². The molecule has 5 heteroatoms. The second kappa shape index (κ2) is 7.53. The van der Waals surface area contributed by atoms with Gasteiger partial charge in [-0.25, -0.2) is 4.79 Å². The number of aliphatic carboxylic acids is 1. The van der Waals surface area contributed by atoms with Crippen LogP contribution in [0.15, 0.2) is 24.3 Å². The molecule has 0 aliphatic carbocycles. The van der Waals surface area contributed by atoms with Crippen LogP contribution in [-0.2, 0) is 11.2 Å². The molecule has 0 aliphatic rings. The summed E-state index contributed by atoms with van der Waals surface area (Å²) < 4.78 is 0. The van der Waals surface area contributed by atoms with Gasteiger partial charge in [0.25, 0.3) is 0 Å². The quantitative estimate of drug-likeness (QED) is 0.840. The summed E-state index contributed by atoms with van der Waals surface area (Å²) in [5, 5.41) is 11.6. The SMILES string of the molecule is CCc1ccc(NC(=O)N(CC(=O)O)CC(C)C)cc1. The number of carbonyl (C=O) groups excluding carboxylic acids is 1. The summed E-state index contributed by atoms with van der Waals surface area (Å²) in [5.74, 6) is -0.801. The molecular formula is C15H22N2O3. The van der Waals surface area contributed by atoms with E-state index in [1.54, 1.807) is 0 Å². The Kier molecular flexibility index (Phi) is 6.03. The summed E-state index contributed by atoms with van der Waals surface area (Å²) in [6, 6.07) is 7.15. The standard InChI is InChI=1S/C15H22N2O3/c1-4-12-5-7-13(8-6-12)16-15(20)17(9-11(2)3)10-14(18)19/h5-8,11H,4,9-10H2,1-3H3,(H,16,20)(H,18,19). The molecule has 0 aromatic heterocycles. The van der Waals surface area contributed by atoms with Crippen molar-refractivity contribution in [3.63, 3.8) is 0 Å². The average Bonchev–Trinajstić information content (AvgIpc) is 2.37. The number of carboxylic acids is 1. The topological polar surface area (TPSA) is 69.6 Å². The lowest BCUT2D eigenvalue weighted by atomic mass is 10.1. The van der Waals surface area contributed by atoms with Gasteiger partial charge in [0.15, 0.2) is 0 Å². The molecule has 1 aromatic rings. The van der Waals surface area contributed by atoms with E-state index in [1.807, 2.05) is 38.1 Å². The van der Waals surface area contributed by atoms with E-state index in [0.29, 0.717) is 12.2 Å². The van der Waals surface area contributed by atoms with Gasteiger partial charge in [0.2, 0.25) is 0 Å². The minimum Gasteiger partial charge on any atom is -0.480 e. The van der Waals surface area contributed by atoms with Crippen LogP contribution in [0.4, 0.5) is 10.5 Å². The Hall–Kier alpha value is -2.04. The summed E-state index contributed by atoms with van der Waals surface area (Å²) >= 11 is 0. The number of hydrogen-bond acceptors (Lipinski definition) is 2. The van der Waals surface area contributed by atoms with Crippen molar-refractivity contribution in [1.29, 1.82) is 0 Å². The highest BCUT2D eigenvalue weighted by Crippen LogP contribution is 2.11. The number of carboxylic acid groups (broad SMARTS) is 1. The molecule has 110 valence electrons. The molecule has 5 nitrogen and oxygen atoms in total. The Labute approximate surface area is 119 Å². The van der Waals surface area contributed by atoms with Gasteiger partial charge in [0, 0.05) is 12.2 Å². The second-order valence-corrected chi connectivity index (χ2v) is 5.15. The normalized spacial score (nSPS) is 10.4. The number of rotatable bonds is 6. The maximum absolute atomic E-state index is 12.1. The minimum absolute atomic E-state index is 0.211. The lowest BCUT2D eigenvalue weighted by molar-refractivity contribution is -0.137. The van der Waals surface area contributed by atoms with Crippen molar-refractivity contribution >= 4 is 17.7 Å². The predicted molar refractivity (Wildman–Crippen MR) is 78.9 cm³/mol. The molecule has 0 saturated carbocycles. The van der Waals surface area contributed by atoms with Gasteiger partial charge in [0.05, 0.1) is 0 Å². The van der Waals surface area contributed by atoms with Gasteiger partial charge in [-0.2, -0.15) is 0 Å². The van der Waals surface area contributed by atoms with Crippen molar-refractivity contribution in [1.82, 2.24) is 4.90 Å². The van der Waals surface area contributed by atoms with Gasteiger partial charge >= 0.3 is 12.0 Å². The zero-order chi connectivity index (χ0) is 15.1. The van der Waals surface area contributed by atoms with Crippen molar-refractivity contribution < 1.29 is 14.7 Å². The number of nitrogens with zero attached hydrogens (tertiary/aromatic N) is 1. The van der Waals surface area contributed by atoms with E-state index in [-0.39, 0.29) is 18.5 Å². The highest BCUT2D eigenvalue weighted by Gasteiger charge is 2.17. The zero-order valence-corrected chi connectivity index (χ0v) is 12.2. The Bertz CT molecular complexity index is 455. The van der Waals surface area contributed by atoms with Gasteiger partial charge < -0.3 is 15.3 Å². The van der Waals surface area contributed by atoms with E-state index < -0.39 is 5.97 Å². The molecule has 0 heterocycles. The third-order valence-electron chi connectivity index (χ3n) is 2.81. The molecule has 0 unspecified atom stereocenters. The van der Waals surface area contributed by atoms with Crippen molar-refractivity contribution in [3.05, 3.63) is 29.8 Å². The van der Waals surface area contributed by atoms with Crippen LogP contribution in [0, 0.1) is 5.92 Å². The van der Waals surface area contributed by atoms with E-state index in [0.717, 1.165) is 6.42 Å². The van der Waals surface area contributed by atoms with Crippen LogP contribution in [0.5, 0.6) is 0 Å². The van der Waals surface area contributed by atoms with Crippen molar-refractivity contribution in [3.8, 4) is 0 Å². The van der Waals surface area contributed by atoms with Crippen molar-refractivity contribution in [2.24, 2.45) is 5.92 Å². The summed E-state index contributed by atoms with van der Waals surface area (Å²) in [7, 11) is 0. The zero-order valence-electron chi connectivity index (χ0n) is 12.2. The van der Waals surface area contributed by atoms with Gasteiger partial charge in [-0.1, -0.05) is 32.9 Å². The van der Waals surface area contributed by atoms with Crippen LogP contribution in [0.1, 0.15) is 26.3 Å². The number of anilines is 1. The first-order valence-corrected chi connectivity index (χ1v) is 6.79. The largest absolute Gasteiger partial charge is 0.480 e. The lowest BCUT2D eigenvalue weighted by Gasteiger charge is -2.23. The monoisotopic (exact) mass is 278 g/mol. The molecule has 0 fully saturated rings. The van der Waals surface area contributed by atoms with Crippen molar-refractivity contribution in [2.75, 3.05) is 18.4 Å². The van der Waals surface area contributed by atoms with Crippen LogP contribution >= 0.6 is 0 Å². The number of amides is 2. The fourth-order valence-electron chi connectivity index (χ4n) is 1.85. The first-order chi connectivity index (χ1) is 9.42. The number of urea groups is 1. The number of hydrogen-bond donors (Lipinski definition) is 2. The lowest BCUT2D eigenvalue weighted by Crippen LogP contribution is -2.40. The van der Waals surface area contributed by atoms with E-state index in [9.17, 15) is 9.59 Å². The Morgan fingerprint density at radius 3 is 2.30 bits per heavy atom. The molecule has 0 spiro atoms. The molecule has 0 bridgehead atoms. The van der Waals surface area contributed by atoms with E-state index in [1.165, 1.54) is 10.5 Å². The smallest absolute Gasteiger partial charge is 0.323 e. The third kappa shape index (κ3) is 5.30. The van der Waals surface area contributed by atoms with Gasteiger partial charge in [-0.05, 0) is 30.0 Å². The van der Waals surface area contributed by atoms with E-state index in [4.69, 9.17) is 5.11 Å². The molecule has 0 radical (unpaired) electrons. The summed E-state index contributed by atoms with van der Waals surface area (Å²) in [4.78, 5) is 24.2. The highest BCUT2D eigenvalue weighted by atomic mass is 16.4. The highest BCUT2D eigenvalue weighted by molar-refractivity contribution is 5.91. The number of carbonyl (C=O) groups is 2. The molecule has 2 N–H and O–H groups in total. The Morgan fingerprint density at radius 2 is 1.85 bits per heavy atom. The molecule has 0 aliphatic heterocycles. The number of nitrogens with one attached hydrogen (secondary N) is 1. The first-order valence-electron chi connectivity index (χ1n) is 6.79. The molecule has 0 saturated heterocycles. The Balaban J connectivity index is 2.70. The summed E-state index contributed by atoms with van der Waals surface area (Å²) in [6.07, 6.45) is 0.937. The molecular weight excluding hydrogens is 256 g/mol. The maximum Gasteiger partial charge on any atom is 0.323 e. The third-order valence-corrected chi connectivity index (χ3v) is 2.81. The van der Waals surface area contributed by atoms with Gasteiger partial charge in [-0.3, -0.25) is 4.79 Å². The average molecular weight is 278 g/mol. The van der Waals surface area contributed by atoms with E-state index >= 15 is 0 Å². The fraction of sp³-hybridized carbons (Fsp3) is 0.467. The molecule has 0 atom stereocenters. The van der Waals surface area contributed by atoms with Crippen molar-refractivity contribution in [2.45, 2.75) is 27.2 Å². The molecule has 1 aromatic carbocycles. The van der Waals surface area contributed by atoms with Crippen LogP contribution in [-0.4, -0.2) is 35.1 Å². The maximum atomic E-state index is 12.1.